The van der Waals surface area contributed by atoms with Crippen LogP contribution >= 0.6 is 0 Å². The van der Waals surface area contributed by atoms with Gasteiger partial charge < -0.3 is 10.6 Å². The van der Waals surface area contributed by atoms with Crippen molar-refractivity contribution in [3.63, 3.8) is 0 Å². The molecule has 2 saturated carbocycles. The molecule has 2 fully saturated rings. The Bertz CT molecular complexity index is 161. The van der Waals surface area contributed by atoms with Crippen molar-refractivity contribution < 1.29 is 0 Å². The van der Waals surface area contributed by atoms with Crippen LogP contribution < -0.4 is 10.6 Å². The van der Waals surface area contributed by atoms with Crippen molar-refractivity contribution in [2.24, 2.45) is 0 Å². The molecule has 100 valence electrons. The molecule has 0 heterocycles. The van der Waals surface area contributed by atoms with Gasteiger partial charge in [0.15, 0.2) is 0 Å². The molecule has 0 radical (unpaired) electrons. The molecule has 0 aromatic heterocycles. The van der Waals surface area contributed by atoms with E-state index in [1.54, 1.807) is 0 Å². The first-order chi connectivity index (χ1) is 8.45. The van der Waals surface area contributed by atoms with E-state index in [9.17, 15) is 0 Å². The Morgan fingerprint density at radius 3 is 1.41 bits per heavy atom. The third kappa shape index (κ3) is 5.39. The van der Waals surface area contributed by atoms with Crippen LogP contribution in [0.2, 0.25) is 0 Å². The summed E-state index contributed by atoms with van der Waals surface area (Å²) in [5.74, 6) is 0. The minimum Gasteiger partial charge on any atom is -0.314 e. The molecule has 2 nitrogen and oxygen atoms in total. The van der Waals surface area contributed by atoms with Crippen molar-refractivity contribution in [2.75, 3.05) is 13.1 Å². The molecule has 2 rings (SSSR count). The minimum atomic E-state index is 0.853. The zero-order chi connectivity index (χ0) is 11.8. The van der Waals surface area contributed by atoms with Crippen LogP contribution in [0.25, 0.3) is 0 Å². The maximum absolute atomic E-state index is 3.69. The summed E-state index contributed by atoms with van der Waals surface area (Å²) in [5.41, 5.74) is 0. The zero-order valence-corrected chi connectivity index (χ0v) is 11.3. The Labute approximate surface area is 107 Å². The van der Waals surface area contributed by atoms with Gasteiger partial charge in [-0.15, -0.1) is 0 Å². The van der Waals surface area contributed by atoms with E-state index in [1.807, 2.05) is 0 Å². The topological polar surface area (TPSA) is 24.1 Å². The number of rotatable bonds is 8. The van der Waals surface area contributed by atoms with Crippen LogP contribution in [-0.2, 0) is 0 Å². The van der Waals surface area contributed by atoms with E-state index >= 15 is 0 Å². The normalized spacial score (nSPS) is 22.6. The van der Waals surface area contributed by atoms with Crippen LogP contribution in [0.4, 0.5) is 0 Å². The van der Waals surface area contributed by atoms with Gasteiger partial charge in [0.2, 0.25) is 0 Å². The lowest BCUT2D eigenvalue weighted by Gasteiger charge is -2.13. The summed E-state index contributed by atoms with van der Waals surface area (Å²) < 4.78 is 0. The summed E-state index contributed by atoms with van der Waals surface area (Å²) in [6.45, 7) is 2.49. The maximum Gasteiger partial charge on any atom is 0.00670 e. The molecule has 0 aromatic rings. The molecule has 0 aliphatic heterocycles. The van der Waals surface area contributed by atoms with Crippen LogP contribution in [-0.4, -0.2) is 25.2 Å². The number of hydrogen-bond acceptors (Lipinski definition) is 2. The van der Waals surface area contributed by atoms with Gasteiger partial charge in [-0.1, -0.05) is 32.1 Å². The van der Waals surface area contributed by atoms with Crippen molar-refractivity contribution in [2.45, 2.75) is 82.7 Å². The maximum atomic E-state index is 3.69. The molecule has 2 aliphatic carbocycles. The van der Waals surface area contributed by atoms with Crippen LogP contribution in [0.3, 0.4) is 0 Å². The van der Waals surface area contributed by atoms with Gasteiger partial charge in [0.25, 0.3) is 0 Å². The first kappa shape index (κ1) is 13.4. The zero-order valence-electron chi connectivity index (χ0n) is 11.3. The van der Waals surface area contributed by atoms with E-state index in [0.717, 1.165) is 12.1 Å². The second-order valence-electron chi connectivity index (χ2n) is 5.93. The van der Waals surface area contributed by atoms with Gasteiger partial charge in [0, 0.05) is 12.1 Å². The molecule has 0 amide bonds. The van der Waals surface area contributed by atoms with E-state index < -0.39 is 0 Å². The fourth-order valence-electron chi connectivity index (χ4n) is 3.30. The molecule has 2 aliphatic rings. The lowest BCUT2D eigenvalue weighted by atomic mass is 10.2. The largest absolute Gasteiger partial charge is 0.314 e. The van der Waals surface area contributed by atoms with Gasteiger partial charge in [0.1, 0.15) is 0 Å². The first-order valence-corrected chi connectivity index (χ1v) is 7.92. The van der Waals surface area contributed by atoms with Crippen molar-refractivity contribution in [1.29, 1.82) is 0 Å². The predicted molar refractivity (Wildman–Crippen MR) is 74.4 cm³/mol. The number of unbranched alkanes of at least 4 members (excludes halogenated alkanes) is 2. The summed E-state index contributed by atoms with van der Waals surface area (Å²) in [6.07, 6.45) is 15.6. The fourth-order valence-corrected chi connectivity index (χ4v) is 3.30. The first-order valence-electron chi connectivity index (χ1n) is 7.92. The van der Waals surface area contributed by atoms with Crippen molar-refractivity contribution in [3.05, 3.63) is 0 Å². The Morgan fingerprint density at radius 2 is 1.00 bits per heavy atom. The van der Waals surface area contributed by atoms with Gasteiger partial charge in [-0.25, -0.2) is 0 Å². The number of hydrogen-bond donors (Lipinski definition) is 2. The molecule has 0 saturated heterocycles. The highest BCUT2D eigenvalue weighted by Crippen LogP contribution is 2.18. The van der Waals surface area contributed by atoms with Gasteiger partial charge in [-0.3, -0.25) is 0 Å². The summed E-state index contributed by atoms with van der Waals surface area (Å²) in [7, 11) is 0. The third-order valence-corrected chi connectivity index (χ3v) is 4.43. The molecule has 0 bridgehead atoms. The Hall–Kier alpha value is -0.0800. The molecule has 2 N–H and O–H groups in total. The SMILES string of the molecule is C(CCNC1CCCC1)CCNC1CCCC1. The predicted octanol–water partition coefficient (Wildman–Crippen LogP) is 3.22. The van der Waals surface area contributed by atoms with Crippen molar-refractivity contribution in [1.82, 2.24) is 10.6 Å². The summed E-state index contributed by atoms with van der Waals surface area (Å²) in [4.78, 5) is 0. The van der Waals surface area contributed by atoms with Crippen LogP contribution in [0, 0.1) is 0 Å². The van der Waals surface area contributed by atoms with Gasteiger partial charge in [-0.05, 0) is 51.6 Å². The molecule has 0 atom stereocenters. The van der Waals surface area contributed by atoms with Crippen LogP contribution in [0.1, 0.15) is 70.6 Å². The molecular weight excluding hydrogens is 208 g/mol. The Morgan fingerprint density at radius 1 is 0.588 bits per heavy atom. The highest BCUT2D eigenvalue weighted by molar-refractivity contribution is 4.74. The monoisotopic (exact) mass is 238 g/mol. The minimum absolute atomic E-state index is 0.853. The lowest BCUT2D eigenvalue weighted by Crippen LogP contribution is -2.28. The second kappa shape index (κ2) is 8.10. The standard InChI is InChI=1S/C15H30N2/c1(6-12-16-14-8-2-3-9-14)7-13-17-15-10-4-5-11-15/h14-17H,1-13H2. The summed E-state index contributed by atoms with van der Waals surface area (Å²) in [5, 5.41) is 7.39. The molecule has 0 unspecified atom stereocenters. The summed E-state index contributed by atoms with van der Waals surface area (Å²) in [6, 6.07) is 1.71. The molecule has 0 aromatic carbocycles. The molecule has 2 heteroatoms. The smallest absolute Gasteiger partial charge is 0.00670 e. The average Bonchev–Trinajstić information content (AvgIpc) is 3.00. The highest BCUT2D eigenvalue weighted by Gasteiger charge is 2.14. The number of nitrogens with one attached hydrogen (secondary N) is 2. The van der Waals surface area contributed by atoms with E-state index in [-0.39, 0.29) is 0 Å². The van der Waals surface area contributed by atoms with Crippen molar-refractivity contribution >= 4 is 0 Å². The Balaban J connectivity index is 1.33. The van der Waals surface area contributed by atoms with Gasteiger partial charge in [-0.2, -0.15) is 0 Å². The van der Waals surface area contributed by atoms with Crippen LogP contribution in [0.15, 0.2) is 0 Å². The Kier molecular flexibility index (Phi) is 6.36. The van der Waals surface area contributed by atoms with Gasteiger partial charge >= 0.3 is 0 Å². The van der Waals surface area contributed by atoms with E-state index in [1.165, 1.54) is 83.7 Å². The molecular formula is C15H30N2. The average molecular weight is 238 g/mol. The third-order valence-electron chi connectivity index (χ3n) is 4.43. The van der Waals surface area contributed by atoms with E-state index in [4.69, 9.17) is 0 Å². The fraction of sp³-hybridized carbons (Fsp3) is 1.00. The van der Waals surface area contributed by atoms with Crippen molar-refractivity contribution in [3.8, 4) is 0 Å². The molecule has 17 heavy (non-hydrogen) atoms. The van der Waals surface area contributed by atoms with Gasteiger partial charge in [0.05, 0.1) is 0 Å². The second-order valence-corrected chi connectivity index (χ2v) is 5.93. The summed E-state index contributed by atoms with van der Waals surface area (Å²) >= 11 is 0. The van der Waals surface area contributed by atoms with E-state index in [0.29, 0.717) is 0 Å². The highest BCUT2D eigenvalue weighted by atomic mass is 14.9. The van der Waals surface area contributed by atoms with Crippen LogP contribution in [0.5, 0.6) is 0 Å². The molecule has 0 spiro atoms. The van der Waals surface area contributed by atoms with E-state index in [2.05, 4.69) is 10.6 Å². The quantitative estimate of drug-likeness (QED) is 0.634. The lowest BCUT2D eigenvalue weighted by molar-refractivity contribution is 0.479.